The van der Waals surface area contributed by atoms with Gasteiger partial charge in [0, 0.05) is 13.7 Å². The minimum absolute atomic E-state index is 0.613. The van der Waals surface area contributed by atoms with Crippen LogP contribution in [-0.2, 0) is 8.85 Å². The van der Waals surface area contributed by atoms with Crippen molar-refractivity contribution >= 4 is 9.28 Å². The van der Waals surface area contributed by atoms with E-state index in [9.17, 15) is 0 Å². The molecule has 0 heterocycles. The Morgan fingerprint density at radius 1 is 1.08 bits per heavy atom. The minimum atomic E-state index is -1.33. The Morgan fingerprint density at radius 3 is 2.00 bits per heavy atom. The molecule has 74 valence electrons. The van der Waals surface area contributed by atoms with Crippen LogP contribution >= 0.6 is 0 Å². The second kappa shape index (κ2) is 6.63. The van der Waals surface area contributed by atoms with Gasteiger partial charge >= 0.3 is 9.28 Å². The van der Waals surface area contributed by atoms with Crippen LogP contribution in [0.25, 0.3) is 0 Å². The highest BCUT2D eigenvalue weighted by Gasteiger charge is 2.13. The Hall–Kier alpha value is 0.137. The molecule has 0 aromatic carbocycles. The predicted octanol–water partition coefficient (Wildman–Crippen LogP) is 2.18. The van der Waals surface area contributed by atoms with Gasteiger partial charge in [0.25, 0.3) is 0 Å². The van der Waals surface area contributed by atoms with Gasteiger partial charge in [0.2, 0.25) is 0 Å². The Kier molecular flexibility index (Phi) is 6.71. The van der Waals surface area contributed by atoms with Crippen molar-refractivity contribution in [1.82, 2.24) is 0 Å². The van der Waals surface area contributed by atoms with Gasteiger partial charge < -0.3 is 8.85 Å². The van der Waals surface area contributed by atoms with Crippen molar-refractivity contribution in [2.45, 2.75) is 33.7 Å². The third-order valence-electron chi connectivity index (χ3n) is 1.54. The summed E-state index contributed by atoms with van der Waals surface area (Å²) >= 11 is 0. The first-order valence-electron chi connectivity index (χ1n) is 4.70. The van der Waals surface area contributed by atoms with Gasteiger partial charge in [-0.3, -0.25) is 0 Å². The van der Waals surface area contributed by atoms with Gasteiger partial charge in [-0.25, -0.2) is 0 Å². The molecule has 0 fully saturated rings. The Balaban J connectivity index is 3.53. The van der Waals surface area contributed by atoms with Crippen LogP contribution < -0.4 is 0 Å². The summed E-state index contributed by atoms with van der Waals surface area (Å²) in [6, 6.07) is 1.11. The lowest BCUT2D eigenvalue weighted by Gasteiger charge is -2.17. The quantitative estimate of drug-likeness (QED) is 0.598. The molecule has 0 N–H and O–H groups in total. The molecular formula is C9H22O2Si. The minimum Gasteiger partial charge on any atom is -0.400 e. The average Bonchev–Trinajstić information content (AvgIpc) is 1.97. The van der Waals surface area contributed by atoms with Gasteiger partial charge in [0.15, 0.2) is 0 Å². The first-order valence-corrected chi connectivity index (χ1v) is 6.46. The molecule has 0 spiro atoms. The van der Waals surface area contributed by atoms with Crippen molar-refractivity contribution in [3.05, 3.63) is 0 Å². The zero-order chi connectivity index (χ0) is 9.56. The van der Waals surface area contributed by atoms with Crippen molar-refractivity contribution in [3.63, 3.8) is 0 Å². The van der Waals surface area contributed by atoms with Gasteiger partial charge in [-0.15, -0.1) is 0 Å². The van der Waals surface area contributed by atoms with E-state index in [2.05, 4.69) is 27.7 Å². The fraction of sp³-hybridized carbons (Fsp3) is 1.00. The standard InChI is InChI=1S/C9H22O2Si/c1-8(2)6-11-12(10-5)7-9(3)4/h8-9,12H,6-7H2,1-5H3. The molecule has 1 unspecified atom stereocenters. The van der Waals surface area contributed by atoms with E-state index in [0.717, 1.165) is 12.7 Å². The maximum Gasteiger partial charge on any atom is 0.321 e. The highest BCUT2D eigenvalue weighted by molar-refractivity contribution is 6.44. The van der Waals surface area contributed by atoms with Crippen LogP contribution in [0.2, 0.25) is 6.04 Å². The van der Waals surface area contributed by atoms with Crippen LogP contribution in [0.5, 0.6) is 0 Å². The molecule has 0 bridgehead atoms. The summed E-state index contributed by atoms with van der Waals surface area (Å²) < 4.78 is 11.0. The third kappa shape index (κ3) is 6.82. The molecule has 0 saturated carbocycles. The molecule has 0 radical (unpaired) electrons. The lowest BCUT2D eigenvalue weighted by atomic mass is 10.2. The van der Waals surface area contributed by atoms with E-state index in [4.69, 9.17) is 8.85 Å². The molecule has 0 aromatic heterocycles. The normalized spacial score (nSPS) is 14.2. The smallest absolute Gasteiger partial charge is 0.321 e. The van der Waals surface area contributed by atoms with E-state index >= 15 is 0 Å². The maximum atomic E-state index is 5.68. The van der Waals surface area contributed by atoms with Gasteiger partial charge in [-0.05, 0) is 17.9 Å². The Bertz CT molecular complexity index is 105. The summed E-state index contributed by atoms with van der Waals surface area (Å²) in [5, 5.41) is 0. The fourth-order valence-corrected chi connectivity index (χ4v) is 2.75. The highest BCUT2D eigenvalue weighted by Crippen LogP contribution is 2.08. The summed E-state index contributed by atoms with van der Waals surface area (Å²) in [7, 11) is 0.437. The van der Waals surface area contributed by atoms with E-state index in [0.29, 0.717) is 11.8 Å². The third-order valence-corrected chi connectivity index (χ3v) is 3.96. The summed E-state index contributed by atoms with van der Waals surface area (Å²) in [5.41, 5.74) is 0. The van der Waals surface area contributed by atoms with Crippen molar-refractivity contribution < 1.29 is 8.85 Å². The van der Waals surface area contributed by atoms with Gasteiger partial charge in [-0.2, -0.15) is 0 Å². The topological polar surface area (TPSA) is 18.5 Å². The molecule has 1 atom stereocenters. The largest absolute Gasteiger partial charge is 0.400 e. The van der Waals surface area contributed by atoms with Crippen LogP contribution in [0.3, 0.4) is 0 Å². The van der Waals surface area contributed by atoms with Crippen LogP contribution in [0.4, 0.5) is 0 Å². The molecule has 3 heteroatoms. The van der Waals surface area contributed by atoms with Crippen LogP contribution in [0.15, 0.2) is 0 Å². The van der Waals surface area contributed by atoms with Gasteiger partial charge in [0.1, 0.15) is 0 Å². The average molecular weight is 190 g/mol. The first kappa shape index (κ1) is 12.1. The van der Waals surface area contributed by atoms with E-state index in [-0.39, 0.29) is 0 Å². The van der Waals surface area contributed by atoms with Crippen LogP contribution in [0.1, 0.15) is 27.7 Å². The van der Waals surface area contributed by atoms with Gasteiger partial charge in [-0.1, -0.05) is 27.7 Å². The zero-order valence-electron chi connectivity index (χ0n) is 8.96. The molecule has 2 nitrogen and oxygen atoms in total. The van der Waals surface area contributed by atoms with Crippen molar-refractivity contribution in [2.75, 3.05) is 13.7 Å². The molecular weight excluding hydrogens is 168 g/mol. The number of hydrogen-bond donors (Lipinski definition) is 0. The SMILES string of the molecule is CO[SiH](CC(C)C)OCC(C)C. The van der Waals surface area contributed by atoms with E-state index in [1.54, 1.807) is 7.11 Å². The number of rotatable bonds is 6. The lowest BCUT2D eigenvalue weighted by Crippen LogP contribution is -2.24. The van der Waals surface area contributed by atoms with E-state index < -0.39 is 9.28 Å². The summed E-state index contributed by atoms with van der Waals surface area (Å²) in [6.45, 7) is 9.58. The summed E-state index contributed by atoms with van der Waals surface area (Å²) in [5.74, 6) is 1.30. The second-order valence-electron chi connectivity index (χ2n) is 4.02. The molecule has 0 aliphatic heterocycles. The summed E-state index contributed by atoms with van der Waals surface area (Å²) in [4.78, 5) is 0. The second-order valence-corrected chi connectivity index (χ2v) is 6.16. The molecule has 0 saturated heterocycles. The molecule has 0 aromatic rings. The van der Waals surface area contributed by atoms with Gasteiger partial charge in [0.05, 0.1) is 0 Å². The van der Waals surface area contributed by atoms with Crippen LogP contribution in [-0.4, -0.2) is 23.0 Å². The zero-order valence-corrected chi connectivity index (χ0v) is 10.1. The number of hydrogen-bond acceptors (Lipinski definition) is 2. The van der Waals surface area contributed by atoms with Crippen molar-refractivity contribution in [3.8, 4) is 0 Å². The first-order chi connectivity index (χ1) is 5.56. The predicted molar refractivity (Wildman–Crippen MR) is 54.6 cm³/mol. The van der Waals surface area contributed by atoms with Crippen molar-refractivity contribution in [1.29, 1.82) is 0 Å². The maximum absolute atomic E-state index is 5.68. The molecule has 0 aliphatic rings. The van der Waals surface area contributed by atoms with Crippen molar-refractivity contribution in [2.24, 2.45) is 11.8 Å². The monoisotopic (exact) mass is 190 g/mol. The van der Waals surface area contributed by atoms with E-state index in [1.165, 1.54) is 0 Å². The summed E-state index contributed by atoms with van der Waals surface area (Å²) in [6.07, 6.45) is 0. The molecule has 0 amide bonds. The fourth-order valence-electron chi connectivity index (χ4n) is 0.917. The lowest BCUT2D eigenvalue weighted by molar-refractivity contribution is 0.200. The Morgan fingerprint density at radius 2 is 1.67 bits per heavy atom. The molecule has 12 heavy (non-hydrogen) atoms. The molecule has 0 rings (SSSR count). The van der Waals surface area contributed by atoms with E-state index in [1.807, 2.05) is 0 Å². The highest BCUT2D eigenvalue weighted by atomic mass is 28.3. The van der Waals surface area contributed by atoms with Crippen LogP contribution in [0, 0.1) is 11.8 Å². The molecule has 0 aliphatic carbocycles. The Labute approximate surface area is 78.1 Å².